The van der Waals surface area contributed by atoms with E-state index >= 15 is 0 Å². The quantitative estimate of drug-likeness (QED) is 0.765. The van der Waals surface area contributed by atoms with Crippen LogP contribution in [0.1, 0.15) is 5.69 Å². The van der Waals surface area contributed by atoms with E-state index in [0.29, 0.717) is 6.54 Å². The summed E-state index contributed by atoms with van der Waals surface area (Å²) >= 11 is 0. The fraction of sp³-hybridized carbons (Fsp3) is 0.0769. The highest BCUT2D eigenvalue weighted by molar-refractivity contribution is 5.60. The molecular weight excluding hydrogens is 240 g/mol. The molecule has 19 heavy (non-hydrogen) atoms. The minimum atomic E-state index is 0.633. The van der Waals surface area contributed by atoms with E-state index in [2.05, 4.69) is 25.6 Å². The largest absolute Gasteiger partial charge is 0.378 e. The van der Waals surface area contributed by atoms with E-state index in [1.807, 2.05) is 36.5 Å². The maximum absolute atomic E-state index is 4.18. The lowest BCUT2D eigenvalue weighted by Crippen LogP contribution is -2.06. The molecule has 6 heteroatoms. The van der Waals surface area contributed by atoms with Crippen LogP contribution in [0, 0.1) is 0 Å². The third-order valence-electron chi connectivity index (χ3n) is 2.68. The molecule has 0 aliphatic rings. The molecule has 3 aromatic rings. The Labute approximate surface area is 110 Å². The fourth-order valence-corrected chi connectivity index (χ4v) is 1.77. The van der Waals surface area contributed by atoms with E-state index in [1.165, 1.54) is 0 Å². The lowest BCUT2D eigenvalue weighted by Gasteiger charge is -2.10. The van der Waals surface area contributed by atoms with Gasteiger partial charge in [-0.1, -0.05) is 17.3 Å². The maximum Gasteiger partial charge on any atom is 0.115 e. The predicted octanol–water partition coefficient (Wildman–Crippen LogP) is 1.67. The molecule has 0 radical (unpaired) electrons. The first kappa shape index (κ1) is 11.3. The van der Waals surface area contributed by atoms with Gasteiger partial charge in [0.05, 0.1) is 36.0 Å². The molecule has 0 saturated carbocycles. The van der Waals surface area contributed by atoms with Crippen molar-refractivity contribution < 1.29 is 0 Å². The molecule has 2 heterocycles. The number of anilines is 1. The van der Waals surface area contributed by atoms with Gasteiger partial charge < -0.3 is 5.32 Å². The van der Waals surface area contributed by atoms with Crippen LogP contribution in [0.5, 0.6) is 0 Å². The smallest absolute Gasteiger partial charge is 0.115 e. The van der Waals surface area contributed by atoms with Crippen LogP contribution in [0.25, 0.3) is 5.69 Å². The molecule has 0 fully saturated rings. The van der Waals surface area contributed by atoms with E-state index in [9.17, 15) is 0 Å². The zero-order valence-corrected chi connectivity index (χ0v) is 10.1. The molecule has 3 rings (SSSR count). The van der Waals surface area contributed by atoms with Crippen LogP contribution in [-0.4, -0.2) is 25.0 Å². The van der Waals surface area contributed by atoms with E-state index in [1.54, 1.807) is 23.4 Å². The predicted molar refractivity (Wildman–Crippen MR) is 70.7 cm³/mol. The zero-order valence-electron chi connectivity index (χ0n) is 10.1. The Balaban J connectivity index is 1.82. The maximum atomic E-state index is 4.18. The third-order valence-corrected chi connectivity index (χ3v) is 2.68. The van der Waals surface area contributed by atoms with Crippen LogP contribution in [0.2, 0.25) is 0 Å². The summed E-state index contributed by atoms with van der Waals surface area (Å²) in [6.45, 7) is 0.633. The minimum absolute atomic E-state index is 0.633. The first-order valence-corrected chi connectivity index (χ1v) is 5.88. The SMILES string of the molecule is c1ccc(-n2ccnn2)c(NCc2ccncn2)c1. The Hall–Kier alpha value is -2.76. The van der Waals surface area contributed by atoms with Crippen LogP contribution in [0.3, 0.4) is 0 Å². The summed E-state index contributed by atoms with van der Waals surface area (Å²) in [4.78, 5) is 8.08. The van der Waals surface area contributed by atoms with Crippen molar-refractivity contribution in [1.29, 1.82) is 0 Å². The highest BCUT2D eigenvalue weighted by Gasteiger charge is 2.04. The highest BCUT2D eigenvalue weighted by atomic mass is 15.4. The molecule has 1 aromatic carbocycles. The molecular formula is C13H12N6. The van der Waals surface area contributed by atoms with Crippen molar-refractivity contribution in [2.75, 3.05) is 5.32 Å². The van der Waals surface area contributed by atoms with Gasteiger partial charge in [-0.2, -0.15) is 0 Å². The third kappa shape index (κ3) is 2.57. The standard InChI is InChI=1S/C13H12N6/c1-2-4-13(19-8-7-17-18-19)12(3-1)15-9-11-5-6-14-10-16-11/h1-8,10,15H,9H2. The number of rotatable bonds is 4. The number of hydrogen-bond acceptors (Lipinski definition) is 5. The van der Waals surface area contributed by atoms with Crippen LogP contribution in [0.4, 0.5) is 5.69 Å². The van der Waals surface area contributed by atoms with Gasteiger partial charge in [-0.25, -0.2) is 14.6 Å². The number of benzene rings is 1. The summed E-state index contributed by atoms with van der Waals surface area (Å²) in [6.07, 6.45) is 6.74. The normalized spacial score (nSPS) is 10.3. The molecule has 0 unspecified atom stereocenters. The number of nitrogens with one attached hydrogen (secondary N) is 1. The molecule has 94 valence electrons. The van der Waals surface area contributed by atoms with Gasteiger partial charge in [0.1, 0.15) is 6.33 Å². The summed E-state index contributed by atoms with van der Waals surface area (Å²) in [6, 6.07) is 9.80. The van der Waals surface area contributed by atoms with E-state index in [0.717, 1.165) is 17.1 Å². The lowest BCUT2D eigenvalue weighted by molar-refractivity contribution is 0.803. The van der Waals surface area contributed by atoms with Gasteiger partial charge in [-0.15, -0.1) is 5.10 Å². The van der Waals surface area contributed by atoms with E-state index in [-0.39, 0.29) is 0 Å². The van der Waals surface area contributed by atoms with Crippen molar-refractivity contribution in [3.8, 4) is 5.69 Å². The molecule has 0 saturated heterocycles. The van der Waals surface area contributed by atoms with Gasteiger partial charge in [-0.3, -0.25) is 0 Å². The lowest BCUT2D eigenvalue weighted by atomic mass is 10.2. The van der Waals surface area contributed by atoms with Crippen molar-refractivity contribution in [1.82, 2.24) is 25.0 Å². The number of nitrogens with zero attached hydrogens (tertiary/aromatic N) is 5. The summed E-state index contributed by atoms with van der Waals surface area (Å²) in [7, 11) is 0. The Morgan fingerprint density at radius 1 is 1.11 bits per heavy atom. The van der Waals surface area contributed by atoms with Crippen molar-refractivity contribution in [3.05, 3.63) is 60.9 Å². The summed E-state index contributed by atoms with van der Waals surface area (Å²) < 4.78 is 1.72. The molecule has 1 N–H and O–H groups in total. The monoisotopic (exact) mass is 252 g/mol. The first-order valence-electron chi connectivity index (χ1n) is 5.88. The molecule has 0 bridgehead atoms. The van der Waals surface area contributed by atoms with Crippen LogP contribution < -0.4 is 5.32 Å². The summed E-state index contributed by atoms with van der Waals surface area (Å²) in [5.41, 5.74) is 2.86. The number of para-hydroxylation sites is 2. The van der Waals surface area contributed by atoms with Gasteiger partial charge in [-0.05, 0) is 18.2 Å². The van der Waals surface area contributed by atoms with E-state index < -0.39 is 0 Å². The molecule has 0 amide bonds. The van der Waals surface area contributed by atoms with Gasteiger partial charge >= 0.3 is 0 Å². The number of aromatic nitrogens is 5. The van der Waals surface area contributed by atoms with Crippen molar-refractivity contribution >= 4 is 5.69 Å². The first-order chi connectivity index (χ1) is 9.43. The molecule has 2 aromatic heterocycles. The second-order valence-corrected chi connectivity index (χ2v) is 3.92. The Kier molecular flexibility index (Phi) is 3.14. The second-order valence-electron chi connectivity index (χ2n) is 3.92. The Bertz CT molecular complexity index is 635. The van der Waals surface area contributed by atoms with Crippen molar-refractivity contribution in [2.45, 2.75) is 6.54 Å². The number of hydrogen-bond donors (Lipinski definition) is 1. The molecule has 0 atom stereocenters. The van der Waals surface area contributed by atoms with Crippen molar-refractivity contribution in [3.63, 3.8) is 0 Å². The average Bonchev–Trinajstić information content (AvgIpc) is 3.01. The molecule has 0 spiro atoms. The summed E-state index contributed by atoms with van der Waals surface area (Å²) in [5.74, 6) is 0. The van der Waals surface area contributed by atoms with Gasteiger partial charge in [0.15, 0.2) is 0 Å². The van der Waals surface area contributed by atoms with Crippen molar-refractivity contribution in [2.24, 2.45) is 0 Å². The fourth-order valence-electron chi connectivity index (χ4n) is 1.77. The van der Waals surface area contributed by atoms with Crippen LogP contribution in [-0.2, 0) is 6.54 Å². The highest BCUT2D eigenvalue weighted by Crippen LogP contribution is 2.19. The molecule has 6 nitrogen and oxygen atoms in total. The molecule has 0 aliphatic carbocycles. The summed E-state index contributed by atoms with van der Waals surface area (Å²) in [5, 5.41) is 11.2. The van der Waals surface area contributed by atoms with Gasteiger partial charge in [0.2, 0.25) is 0 Å². The average molecular weight is 252 g/mol. The van der Waals surface area contributed by atoms with Gasteiger partial charge in [0, 0.05) is 6.20 Å². The van der Waals surface area contributed by atoms with Crippen LogP contribution in [0.15, 0.2) is 55.2 Å². The zero-order chi connectivity index (χ0) is 12.9. The van der Waals surface area contributed by atoms with Crippen LogP contribution >= 0.6 is 0 Å². The molecule has 0 aliphatic heterocycles. The second kappa shape index (κ2) is 5.26. The van der Waals surface area contributed by atoms with Gasteiger partial charge in [0.25, 0.3) is 0 Å². The van der Waals surface area contributed by atoms with E-state index in [4.69, 9.17) is 0 Å². The topological polar surface area (TPSA) is 68.5 Å². The Morgan fingerprint density at radius 2 is 2.05 bits per heavy atom. The Morgan fingerprint density at radius 3 is 2.84 bits per heavy atom. The minimum Gasteiger partial charge on any atom is -0.378 e.